The second-order valence-corrected chi connectivity index (χ2v) is 7.26. The van der Waals surface area contributed by atoms with Crippen molar-refractivity contribution in [2.75, 3.05) is 5.01 Å². The van der Waals surface area contributed by atoms with Crippen molar-refractivity contribution < 1.29 is 14.3 Å². The smallest absolute Gasteiger partial charge is 0.354 e. The molecule has 0 radical (unpaired) electrons. The normalized spacial score (nSPS) is 22.2. The number of carbonyl (C=O) groups is 2. The van der Waals surface area contributed by atoms with Crippen molar-refractivity contribution in [3.8, 4) is 0 Å². The van der Waals surface area contributed by atoms with Crippen LogP contribution in [0.2, 0.25) is 5.02 Å². The Morgan fingerprint density at radius 3 is 2.81 bits per heavy atom. The Morgan fingerprint density at radius 2 is 2.11 bits per heavy atom. The molecule has 0 N–H and O–H groups in total. The van der Waals surface area contributed by atoms with Crippen molar-refractivity contribution in [3.63, 3.8) is 0 Å². The lowest BCUT2D eigenvalue weighted by Crippen LogP contribution is -2.39. The number of aromatic nitrogens is 2. The zero-order valence-corrected chi connectivity index (χ0v) is 15.6. The monoisotopic (exact) mass is 386 g/mol. The van der Waals surface area contributed by atoms with Gasteiger partial charge in [0.1, 0.15) is 11.8 Å². The fraction of sp³-hybridized carbons (Fsp3) is 0.368. The minimum Gasteiger partial charge on any atom is -0.458 e. The molecule has 1 aliphatic carbocycles. The highest BCUT2D eigenvalue weighted by Crippen LogP contribution is 2.34. The Bertz CT molecular complexity index is 904. The van der Waals surface area contributed by atoms with Crippen LogP contribution in [0.25, 0.3) is 0 Å². The molecule has 1 amide bonds. The Labute approximate surface area is 161 Å². The lowest BCUT2D eigenvalue weighted by atomic mass is 9.89. The van der Waals surface area contributed by atoms with Gasteiger partial charge in [-0.1, -0.05) is 17.7 Å². The van der Waals surface area contributed by atoms with E-state index in [-0.39, 0.29) is 30.6 Å². The number of benzene rings is 1. The van der Waals surface area contributed by atoms with Crippen LogP contribution in [0.5, 0.6) is 0 Å². The average molecular weight is 387 g/mol. The summed E-state index contributed by atoms with van der Waals surface area (Å²) in [6.45, 7) is 1.88. The van der Waals surface area contributed by atoms with Gasteiger partial charge in [0.15, 0.2) is 0 Å². The van der Waals surface area contributed by atoms with Gasteiger partial charge in [-0.25, -0.2) is 14.8 Å². The number of imidazole rings is 1. The topological polar surface area (TPSA) is 76.8 Å². The maximum absolute atomic E-state index is 12.5. The van der Waals surface area contributed by atoms with Crippen molar-refractivity contribution >= 4 is 34.9 Å². The summed E-state index contributed by atoms with van der Waals surface area (Å²) in [6, 6.07) is 5.57. The first-order valence-electron chi connectivity index (χ1n) is 8.86. The van der Waals surface area contributed by atoms with Crippen LogP contribution < -0.4 is 5.01 Å². The third-order valence-electron chi connectivity index (χ3n) is 4.96. The second-order valence-electron chi connectivity index (χ2n) is 6.85. The van der Waals surface area contributed by atoms with E-state index in [2.05, 4.69) is 10.1 Å². The summed E-state index contributed by atoms with van der Waals surface area (Å²) in [5.74, 6) is -0.630. The maximum Gasteiger partial charge on any atom is 0.354 e. The van der Waals surface area contributed by atoms with Gasteiger partial charge in [0.05, 0.1) is 12.0 Å². The number of amides is 1. The number of anilines is 1. The molecule has 27 heavy (non-hydrogen) atoms. The standard InChI is InChI=1S/C19H19ClN4O3/c1-12-2-3-13(10-16(12)20)24-18(25)5-4-17(22-24)19(26)27-15-8-14(9-15)23-7-6-21-11-23/h2-3,6-7,10-11,14-15H,4-5,8-9H2,1H3. The number of rotatable bonds is 4. The highest BCUT2D eigenvalue weighted by atomic mass is 35.5. The lowest BCUT2D eigenvalue weighted by molar-refractivity contribution is -0.146. The molecule has 0 spiro atoms. The summed E-state index contributed by atoms with van der Waals surface area (Å²) in [5, 5.41) is 6.02. The van der Waals surface area contributed by atoms with Gasteiger partial charge in [0.2, 0.25) is 5.91 Å². The van der Waals surface area contributed by atoms with E-state index in [9.17, 15) is 9.59 Å². The van der Waals surface area contributed by atoms with Gasteiger partial charge in [0, 0.05) is 49.1 Å². The van der Waals surface area contributed by atoms with E-state index >= 15 is 0 Å². The summed E-state index contributed by atoms with van der Waals surface area (Å²) in [4.78, 5) is 28.7. The molecule has 1 fully saturated rings. The van der Waals surface area contributed by atoms with Gasteiger partial charge in [-0.3, -0.25) is 4.79 Å². The quantitative estimate of drug-likeness (QED) is 0.755. The van der Waals surface area contributed by atoms with Crippen LogP contribution in [0, 0.1) is 6.92 Å². The number of hydrazone groups is 1. The number of hydrogen-bond acceptors (Lipinski definition) is 5. The van der Waals surface area contributed by atoms with E-state index in [1.165, 1.54) is 5.01 Å². The first-order valence-corrected chi connectivity index (χ1v) is 9.24. The SMILES string of the molecule is Cc1ccc(N2N=C(C(=O)OC3CC(n4ccnc4)C3)CCC2=O)cc1Cl. The third-order valence-corrected chi connectivity index (χ3v) is 5.37. The molecule has 7 nitrogen and oxygen atoms in total. The molecule has 1 aromatic carbocycles. The molecule has 2 aliphatic rings. The molecule has 1 aliphatic heterocycles. The zero-order valence-electron chi connectivity index (χ0n) is 14.8. The average Bonchev–Trinajstić information content (AvgIpc) is 3.14. The molecule has 0 saturated heterocycles. The molecular formula is C19H19ClN4O3. The molecule has 8 heteroatoms. The number of halogens is 1. The van der Waals surface area contributed by atoms with Gasteiger partial charge >= 0.3 is 5.97 Å². The van der Waals surface area contributed by atoms with Crippen molar-refractivity contribution in [2.45, 2.75) is 44.8 Å². The fourth-order valence-corrected chi connectivity index (χ4v) is 3.37. The lowest BCUT2D eigenvalue weighted by Gasteiger charge is -2.35. The van der Waals surface area contributed by atoms with E-state index in [0.29, 0.717) is 16.8 Å². The van der Waals surface area contributed by atoms with Crippen LogP contribution in [0.3, 0.4) is 0 Å². The summed E-state index contributed by atoms with van der Waals surface area (Å²) in [7, 11) is 0. The van der Waals surface area contributed by atoms with Gasteiger partial charge in [0.25, 0.3) is 0 Å². The first-order chi connectivity index (χ1) is 13.0. The van der Waals surface area contributed by atoms with E-state index in [0.717, 1.165) is 18.4 Å². The Hall–Kier alpha value is -2.67. The van der Waals surface area contributed by atoms with Gasteiger partial charge in [-0.05, 0) is 24.6 Å². The van der Waals surface area contributed by atoms with Crippen molar-refractivity contribution in [3.05, 3.63) is 47.5 Å². The minimum atomic E-state index is -0.459. The number of nitrogens with zero attached hydrogens (tertiary/aromatic N) is 4. The number of esters is 1. The van der Waals surface area contributed by atoms with Gasteiger partial charge in [-0.2, -0.15) is 5.10 Å². The molecule has 2 heterocycles. The largest absolute Gasteiger partial charge is 0.458 e. The summed E-state index contributed by atoms with van der Waals surface area (Å²) >= 11 is 6.15. The highest BCUT2D eigenvalue weighted by Gasteiger charge is 2.35. The number of aryl methyl sites for hydroxylation is 1. The minimum absolute atomic E-state index is 0.132. The molecular weight excluding hydrogens is 368 g/mol. The van der Waals surface area contributed by atoms with Crippen molar-refractivity contribution in [1.29, 1.82) is 0 Å². The van der Waals surface area contributed by atoms with E-state index in [4.69, 9.17) is 16.3 Å². The zero-order chi connectivity index (χ0) is 19.0. The number of carbonyl (C=O) groups excluding carboxylic acids is 2. The van der Waals surface area contributed by atoms with Gasteiger partial charge < -0.3 is 9.30 Å². The Morgan fingerprint density at radius 1 is 1.30 bits per heavy atom. The summed E-state index contributed by atoms with van der Waals surface area (Å²) in [5.41, 5.74) is 1.72. The number of hydrogen-bond donors (Lipinski definition) is 0. The predicted molar refractivity (Wildman–Crippen MR) is 101 cm³/mol. The molecule has 140 valence electrons. The Balaban J connectivity index is 1.42. The molecule has 1 saturated carbocycles. The van der Waals surface area contributed by atoms with Crippen LogP contribution in [0.4, 0.5) is 5.69 Å². The summed E-state index contributed by atoms with van der Waals surface area (Å²) < 4.78 is 7.57. The van der Waals surface area contributed by atoms with Crippen LogP contribution >= 0.6 is 11.6 Å². The van der Waals surface area contributed by atoms with Gasteiger partial charge in [-0.15, -0.1) is 0 Å². The van der Waals surface area contributed by atoms with E-state index in [1.807, 2.05) is 23.8 Å². The maximum atomic E-state index is 12.5. The molecule has 1 aromatic heterocycles. The predicted octanol–water partition coefficient (Wildman–Crippen LogP) is 3.27. The van der Waals surface area contributed by atoms with Crippen LogP contribution in [-0.4, -0.2) is 33.2 Å². The first kappa shape index (κ1) is 17.7. The third kappa shape index (κ3) is 3.60. The van der Waals surface area contributed by atoms with Crippen molar-refractivity contribution in [1.82, 2.24) is 9.55 Å². The van der Waals surface area contributed by atoms with Crippen LogP contribution in [0.1, 0.15) is 37.3 Å². The molecule has 0 bridgehead atoms. The fourth-order valence-electron chi connectivity index (χ4n) is 3.20. The van der Waals surface area contributed by atoms with Crippen molar-refractivity contribution in [2.24, 2.45) is 5.10 Å². The molecule has 4 rings (SSSR count). The van der Waals surface area contributed by atoms with E-state index in [1.54, 1.807) is 24.7 Å². The number of ether oxygens (including phenoxy) is 1. The molecule has 0 unspecified atom stereocenters. The molecule has 0 atom stereocenters. The van der Waals surface area contributed by atoms with E-state index < -0.39 is 5.97 Å². The molecule has 2 aromatic rings. The van der Waals surface area contributed by atoms with Crippen LogP contribution in [-0.2, 0) is 14.3 Å². The summed E-state index contributed by atoms with van der Waals surface area (Å²) in [6.07, 6.45) is 7.28. The van der Waals surface area contributed by atoms with Crippen LogP contribution in [0.15, 0.2) is 42.0 Å². The Kier molecular flexibility index (Phi) is 4.70. The highest BCUT2D eigenvalue weighted by molar-refractivity contribution is 6.38. The second kappa shape index (κ2) is 7.15.